The molecule has 218 valence electrons. The average Bonchev–Trinajstić information content (AvgIpc) is 3.13. The van der Waals surface area contributed by atoms with Crippen molar-refractivity contribution in [2.75, 3.05) is 25.0 Å². The molecule has 2 aromatic carbocycles. The first-order chi connectivity index (χ1) is 19.7. The van der Waals surface area contributed by atoms with Crippen molar-refractivity contribution in [1.82, 2.24) is 10.2 Å². The molecule has 2 atom stereocenters. The molecule has 7 nitrogen and oxygen atoms in total. The smallest absolute Gasteiger partial charge is 0.253 e. The quantitative estimate of drug-likeness (QED) is 0.236. The van der Waals surface area contributed by atoms with Crippen LogP contribution in [0.2, 0.25) is 0 Å². The maximum atomic E-state index is 14.2. The van der Waals surface area contributed by atoms with Crippen LogP contribution in [0.15, 0.2) is 89.0 Å². The number of allylic oxidation sites excluding steroid dienone is 5. The van der Waals surface area contributed by atoms with E-state index in [9.17, 15) is 23.5 Å². The number of amides is 2. The summed E-state index contributed by atoms with van der Waals surface area (Å²) in [6.07, 6.45) is 4.00. The second-order valence-electron chi connectivity index (χ2n) is 9.88. The number of rotatable bonds is 14. The average molecular weight is 565 g/mol. The summed E-state index contributed by atoms with van der Waals surface area (Å²) >= 11 is 0. The first-order valence-corrected chi connectivity index (χ1v) is 13.9. The number of aliphatic hydroxyl groups is 1. The number of aliphatic imine (C=N–C) groups is 1. The van der Waals surface area contributed by atoms with E-state index in [2.05, 4.69) is 22.3 Å². The molecule has 0 saturated heterocycles. The van der Waals surface area contributed by atoms with E-state index in [-0.39, 0.29) is 30.9 Å². The molecule has 0 spiro atoms. The highest BCUT2D eigenvalue weighted by molar-refractivity contribution is 5.99. The number of halogens is 2. The van der Waals surface area contributed by atoms with Crippen LogP contribution in [0.25, 0.3) is 0 Å². The predicted molar refractivity (Wildman–Crippen MR) is 160 cm³/mol. The Labute approximate surface area is 240 Å². The molecule has 0 heterocycles. The second kappa shape index (κ2) is 15.6. The fourth-order valence-corrected chi connectivity index (χ4v) is 4.59. The summed E-state index contributed by atoms with van der Waals surface area (Å²) in [5.74, 6) is -2.02. The zero-order valence-electron chi connectivity index (χ0n) is 23.6. The van der Waals surface area contributed by atoms with Crippen LogP contribution in [0.5, 0.6) is 0 Å². The van der Waals surface area contributed by atoms with Crippen molar-refractivity contribution in [3.05, 3.63) is 95.1 Å². The van der Waals surface area contributed by atoms with E-state index in [1.54, 1.807) is 35.2 Å². The normalized spacial score (nSPS) is 14.5. The molecule has 2 amide bonds. The maximum absolute atomic E-state index is 14.2. The third-order valence-corrected chi connectivity index (χ3v) is 6.64. The highest BCUT2D eigenvalue weighted by Gasteiger charge is 2.25. The third-order valence-electron chi connectivity index (χ3n) is 6.64. The highest BCUT2D eigenvalue weighted by atomic mass is 19.1. The van der Waals surface area contributed by atoms with Gasteiger partial charge in [-0.15, -0.1) is 0 Å². The van der Waals surface area contributed by atoms with Crippen LogP contribution in [0.4, 0.5) is 20.2 Å². The van der Waals surface area contributed by atoms with Crippen molar-refractivity contribution < 1.29 is 23.5 Å². The van der Waals surface area contributed by atoms with Crippen LogP contribution in [0.3, 0.4) is 0 Å². The summed E-state index contributed by atoms with van der Waals surface area (Å²) in [5, 5.41) is 17.1. The van der Waals surface area contributed by atoms with Gasteiger partial charge in [-0.25, -0.2) is 8.78 Å². The van der Waals surface area contributed by atoms with Crippen LogP contribution >= 0.6 is 0 Å². The Morgan fingerprint density at radius 1 is 1.05 bits per heavy atom. The number of nitrogens with one attached hydrogen (secondary N) is 2. The van der Waals surface area contributed by atoms with E-state index in [1.807, 2.05) is 26.0 Å². The molecule has 0 saturated carbocycles. The molecule has 0 radical (unpaired) electrons. The number of benzene rings is 2. The summed E-state index contributed by atoms with van der Waals surface area (Å²) in [6.45, 7) is 8.82. The number of aliphatic hydroxyl groups excluding tert-OH is 1. The van der Waals surface area contributed by atoms with Gasteiger partial charge in [0.15, 0.2) is 0 Å². The van der Waals surface area contributed by atoms with Gasteiger partial charge in [-0.3, -0.25) is 14.6 Å². The number of nitrogens with zero attached hydrogens (tertiary/aromatic N) is 2. The minimum atomic E-state index is -1.12. The van der Waals surface area contributed by atoms with E-state index in [4.69, 9.17) is 0 Å². The topological polar surface area (TPSA) is 94.0 Å². The van der Waals surface area contributed by atoms with Crippen LogP contribution in [0.1, 0.15) is 60.2 Å². The van der Waals surface area contributed by atoms with Crippen molar-refractivity contribution >= 4 is 29.9 Å². The standard InChI is InChI=1S/C32H38F2N4O3/c1-4-15-38(16-5-2)32(41)24-10-8-9-23(19-24)31(40)37-29(18-22-13-14-25(33)20-26(34)17-22)30(39)21-36-28-12-7-6-11-27(28)35-3/h6-13,17,19-20,29-30,36,39H,3-5,14-16,18,21H2,1-2H3,(H,37,40). The van der Waals surface area contributed by atoms with Gasteiger partial charge in [-0.05, 0) is 68.0 Å². The Kier molecular flexibility index (Phi) is 12.0. The van der Waals surface area contributed by atoms with Crippen molar-refractivity contribution in [3.63, 3.8) is 0 Å². The molecule has 0 aromatic heterocycles. The Morgan fingerprint density at radius 3 is 2.46 bits per heavy atom. The van der Waals surface area contributed by atoms with E-state index in [0.717, 1.165) is 18.9 Å². The van der Waals surface area contributed by atoms with Gasteiger partial charge in [-0.2, -0.15) is 0 Å². The Morgan fingerprint density at radius 2 is 1.76 bits per heavy atom. The van der Waals surface area contributed by atoms with Gasteiger partial charge in [0.25, 0.3) is 11.8 Å². The summed E-state index contributed by atoms with van der Waals surface area (Å²) < 4.78 is 28.0. The van der Waals surface area contributed by atoms with Gasteiger partial charge in [0, 0.05) is 43.3 Å². The lowest BCUT2D eigenvalue weighted by Gasteiger charge is -2.26. The van der Waals surface area contributed by atoms with Crippen LogP contribution in [0, 0.1) is 0 Å². The van der Waals surface area contributed by atoms with Gasteiger partial charge in [0.05, 0.1) is 23.5 Å². The van der Waals surface area contributed by atoms with Gasteiger partial charge in [0.1, 0.15) is 11.7 Å². The molecule has 1 aliphatic carbocycles. The van der Waals surface area contributed by atoms with Gasteiger partial charge in [0.2, 0.25) is 0 Å². The van der Waals surface area contributed by atoms with Gasteiger partial charge in [-0.1, -0.05) is 38.1 Å². The number of hydrogen-bond donors (Lipinski definition) is 3. The Hall–Kier alpha value is -4.11. The number of carbonyl (C=O) groups excluding carboxylic acids is 2. The minimum absolute atomic E-state index is 0.0328. The SMILES string of the molecule is C=Nc1ccccc1NCC(O)C(CC1=CCC(F)=CC(F)=C1)NC(=O)c1cccc(C(=O)N(CCC)CCC)c1. The van der Waals surface area contributed by atoms with E-state index >= 15 is 0 Å². The second-order valence-corrected chi connectivity index (χ2v) is 9.88. The fraction of sp³-hybridized carbons (Fsp3) is 0.344. The van der Waals surface area contributed by atoms with E-state index in [1.165, 1.54) is 18.2 Å². The van der Waals surface area contributed by atoms with Crippen molar-refractivity contribution in [3.8, 4) is 0 Å². The zero-order valence-corrected chi connectivity index (χ0v) is 23.6. The van der Waals surface area contributed by atoms with Crippen LogP contribution in [-0.2, 0) is 0 Å². The van der Waals surface area contributed by atoms with Gasteiger partial charge >= 0.3 is 0 Å². The lowest BCUT2D eigenvalue weighted by atomic mass is 9.99. The van der Waals surface area contributed by atoms with Crippen molar-refractivity contribution in [1.29, 1.82) is 0 Å². The predicted octanol–water partition coefficient (Wildman–Crippen LogP) is 6.28. The molecular formula is C32H38F2N4O3. The largest absolute Gasteiger partial charge is 0.389 e. The molecule has 0 fully saturated rings. The Bertz CT molecular complexity index is 1320. The van der Waals surface area contributed by atoms with E-state index < -0.39 is 29.7 Å². The highest BCUT2D eigenvalue weighted by Crippen LogP contribution is 2.25. The van der Waals surface area contributed by atoms with Gasteiger partial charge < -0.3 is 20.6 Å². The minimum Gasteiger partial charge on any atom is -0.389 e. The lowest BCUT2D eigenvalue weighted by molar-refractivity contribution is 0.0755. The summed E-state index contributed by atoms with van der Waals surface area (Å²) in [7, 11) is 0. The van der Waals surface area contributed by atoms with Crippen LogP contribution in [-0.4, -0.2) is 60.3 Å². The Balaban J connectivity index is 1.82. The maximum Gasteiger partial charge on any atom is 0.253 e. The van der Waals surface area contributed by atoms with Crippen LogP contribution < -0.4 is 10.6 Å². The number of anilines is 1. The monoisotopic (exact) mass is 564 g/mol. The number of para-hydroxylation sites is 2. The molecule has 41 heavy (non-hydrogen) atoms. The molecule has 0 bridgehead atoms. The molecule has 2 unspecified atom stereocenters. The summed E-state index contributed by atoms with van der Waals surface area (Å²) in [5.41, 5.74) is 2.32. The van der Waals surface area contributed by atoms with Crippen molar-refractivity contribution in [2.45, 2.75) is 51.7 Å². The number of hydrogen-bond acceptors (Lipinski definition) is 5. The summed E-state index contributed by atoms with van der Waals surface area (Å²) in [4.78, 5) is 32.2. The number of carbonyl (C=O) groups is 2. The summed E-state index contributed by atoms with van der Waals surface area (Å²) in [6, 6.07) is 12.7. The molecule has 3 rings (SSSR count). The van der Waals surface area contributed by atoms with E-state index in [0.29, 0.717) is 35.6 Å². The molecule has 1 aliphatic rings. The van der Waals surface area contributed by atoms with Crippen molar-refractivity contribution in [2.24, 2.45) is 4.99 Å². The molecule has 3 N–H and O–H groups in total. The fourth-order valence-electron chi connectivity index (χ4n) is 4.59. The third kappa shape index (κ3) is 9.21. The zero-order chi connectivity index (χ0) is 29.8. The first kappa shape index (κ1) is 31.4. The molecule has 0 aliphatic heterocycles. The first-order valence-electron chi connectivity index (χ1n) is 13.9. The molecule has 9 heteroatoms. The lowest BCUT2D eigenvalue weighted by Crippen LogP contribution is -2.46. The molecule has 2 aromatic rings. The molecular weight excluding hydrogens is 526 g/mol.